The first-order chi connectivity index (χ1) is 26.4. The standard InChI is InChI=1S/C37H7B16N3/c38-18-14-15-19(39)23(43)27(47)31(51)35(15)55(34(14)30(50)26(46)22(18)42)12-3-1-2-10(6-12)11-4-9(8-54)5-13(7-11)56-36-16(20(40)24(44)28(48)32(36)52)17-21(41)25(45)29(49)33(53)37(17)56/h1-7H. The zero-order chi connectivity index (χ0) is 40.6. The van der Waals surface area contributed by atoms with E-state index in [0.29, 0.717) is 66.1 Å². The predicted octanol–water partition coefficient (Wildman–Crippen LogP) is -9.88. The molecule has 0 aliphatic carbocycles. The van der Waals surface area contributed by atoms with Crippen molar-refractivity contribution in [2.24, 2.45) is 0 Å². The highest BCUT2D eigenvalue weighted by Gasteiger charge is 2.25. The molecule has 8 rings (SSSR count). The van der Waals surface area contributed by atoms with Crippen LogP contribution in [0.25, 0.3) is 66.1 Å². The summed E-state index contributed by atoms with van der Waals surface area (Å²) in [4.78, 5) is 0. The summed E-state index contributed by atoms with van der Waals surface area (Å²) in [6.45, 7) is 0. The smallest absolute Gasteiger partial charge is 0.115 e. The predicted molar refractivity (Wildman–Crippen MR) is 251 cm³/mol. The molecule has 0 N–H and O–H groups in total. The summed E-state index contributed by atoms with van der Waals surface area (Å²) in [5.74, 6) is 0. The first-order valence-electron chi connectivity index (χ1n) is 16.7. The number of hydrogen-bond acceptors (Lipinski definition) is 1. The number of fused-ring (bicyclic) bond motifs is 6. The van der Waals surface area contributed by atoms with Crippen LogP contribution < -0.4 is 87.4 Å². The molecule has 0 amide bonds. The second-order valence-electron chi connectivity index (χ2n) is 13.6. The van der Waals surface area contributed by atoms with Crippen molar-refractivity contribution in [3.8, 4) is 28.6 Å². The molecule has 218 valence electrons. The number of hydrogen-bond donors (Lipinski definition) is 0. The molecule has 0 spiro atoms. The molecule has 19 heteroatoms. The molecule has 0 aliphatic rings. The Kier molecular flexibility index (Phi) is 9.08. The first kappa shape index (κ1) is 38.3. The molecule has 0 saturated heterocycles. The molecule has 0 unspecified atom stereocenters. The van der Waals surface area contributed by atoms with Gasteiger partial charge in [-0.3, -0.25) is 0 Å². The normalized spacial score (nSPS) is 11.6. The Morgan fingerprint density at radius 2 is 0.661 bits per heavy atom. The molecule has 0 bridgehead atoms. The van der Waals surface area contributed by atoms with Crippen LogP contribution in [0.15, 0.2) is 42.5 Å². The Hall–Kier alpha value is -4.55. The lowest BCUT2D eigenvalue weighted by molar-refractivity contribution is 1.18. The number of nitriles is 1. The van der Waals surface area contributed by atoms with Gasteiger partial charge in [-0.25, -0.2) is 0 Å². The van der Waals surface area contributed by atoms with E-state index in [1.807, 2.05) is 24.3 Å². The van der Waals surface area contributed by atoms with E-state index in [0.717, 1.165) is 0 Å². The van der Waals surface area contributed by atoms with Crippen LogP contribution in [0, 0.1) is 11.3 Å². The van der Waals surface area contributed by atoms with Crippen LogP contribution in [0.2, 0.25) is 0 Å². The summed E-state index contributed by atoms with van der Waals surface area (Å²) >= 11 is 0. The minimum Gasteiger partial charge on any atom is -0.311 e. The molecular weight excluding hydrogens is 659 g/mol. The van der Waals surface area contributed by atoms with Crippen LogP contribution in [0.1, 0.15) is 5.56 Å². The van der Waals surface area contributed by atoms with Crippen LogP contribution in [0.4, 0.5) is 0 Å². The van der Waals surface area contributed by atoms with Gasteiger partial charge in [-0.15, -0.1) is 43.7 Å². The lowest BCUT2D eigenvalue weighted by atomic mass is 9.63. The highest BCUT2D eigenvalue weighted by Crippen LogP contribution is 2.33. The summed E-state index contributed by atoms with van der Waals surface area (Å²) in [5.41, 5.74) is 5.16. The molecule has 0 saturated carbocycles. The van der Waals surface area contributed by atoms with E-state index in [9.17, 15) is 5.26 Å². The van der Waals surface area contributed by atoms with Crippen molar-refractivity contribution >= 4 is 257 Å². The molecule has 3 nitrogen and oxygen atoms in total. The third-order valence-corrected chi connectivity index (χ3v) is 10.7. The Morgan fingerprint density at radius 1 is 0.339 bits per heavy atom. The molecule has 6 aromatic carbocycles. The largest absolute Gasteiger partial charge is 0.311 e. The second-order valence-corrected chi connectivity index (χ2v) is 13.6. The van der Waals surface area contributed by atoms with Gasteiger partial charge >= 0.3 is 0 Å². The molecule has 0 atom stereocenters. The van der Waals surface area contributed by atoms with Gasteiger partial charge in [0.25, 0.3) is 0 Å². The first-order valence-corrected chi connectivity index (χ1v) is 16.7. The van der Waals surface area contributed by atoms with E-state index in [1.54, 1.807) is 27.3 Å². The summed E-state index contributed by atoms with van der Waals surface area (Å²) < 4.78 is 3.43. The zero-order valence-corrected chi connectivity index (χ0v) is 29.6. The van der Waals surface area contributed by atoms with Crippen LogP contribution in [0.5, 0.6) is 0 Å². The maximum atomic E-state index is 10.3. The lowest BCUT2D eigenvalue weighted by Crippen LogP contribution is -2.49. The average Bonchev–Trinajstić information content (AvgIpc) is 3.76. The van der Waals surface area contributed by atoms with E-state index in [4.69, 9.17) is 126 Å². The average molecular weight is 666 g/mol. The molecule has 2 heterocycles. The van der Waals surface area contributed by atoms with Gasteiger partial charge in [0, 0.05) is 33.4 Å². The quantitative estimate of drug-likeness (QED) is 0.173. The van der Waals surface area contributed by atoms with Crippen LogP contribution in [0.3, 0.4) is 0 Å². The van der Waals surface area contributed by atoms with Crippen molar-refractivity contribution in [1.82, 2.24) is 9.13 Å². The lowest BCUT2D eigenvalue weighted by Gasteiger charge is -2.19. The Morgan fingerprint density at radius 3 is 1.02 bits per heavy atom. The van der Waals surface area contributed by atoms with Crippen molar-refractivity contribution in [2.75, 3.05) is 0 Å². The fourth-order valence-electron chi connectivity index (χ4n) is 7.74. The van der Waals surface area contributed by atoms with E-state index >= 15 is 0 Å². The highest BCUT2D eigenvalue weighted by atomic mass is 15.0. The van der Waals surface area contributed by atoms with Crippen molar-refractivity contribution in [3.63, 3.8) is 0 Å². The van der Waals surface area contributed by atoms with Gasteiger partial charge in [-0.2, -0.15) is 5.26 Å². The monoisotopic (exact) mass is 669 g/mol. The van der Waals surface area contributed by atoms with Gasteiger partial charge in [-0.1, -0.05) is 55.8 Å². The topological polar surface area (TPSA) is 33.6 Å². The van der Waals surface area contributed by atoms with E-state index < -0.39 is 0 Å². The third-order valence-electron chi connectivity index (χ3n) is 10.7. The summed E-state index contributed by atoms with van der Waals surface area (Å²) in [6.07, 6.45) is 0. The van der Waals surface area contributed by atoms with Crippen LogP contribution in [-0.2, 0) is 0 Å². The summed E-state index contributed by atoms with van der Waals surface area (Å²) in [7, 11) is 104. The van der Waals surface area contributed by atoms with Crippen LogP contribution in [-0.4, -0.2) is 135 Å². The number of rotatable bonds is 3. The van der Waals surface area contributed by atoms with Gasteiger partial charge in [0.15, 0.2) is 0 Å². The van der Waals surface area contributed by atoms with E-state index in [1.165, 1.54) is 0 Å². The Bertz CT molecular complexity index is 3020. The van der Waals surface area contributed by atoms with Crippen molar-refractivity contribution in [1.29, 1.82) is 5.26 Å². The molecular formula is C37H7B16N3. The summed E-state index contributed by atoms with van der Waals surface area (Å²) in [5, 5.41) is 11.8. The fourth-order valence-corrected chi connectivity index (χ4v) is 7.74. The van der Waals surface area contributed by atoms with Gasteiger partial charge in [-0.05, 0) is 63.0 Å². The molecule has 2 aromatic heterocycles. The Labute approximate surface area is 345 Å². The molecule has 0 fully saturated rings. The molecule has 0 aliphatic heterocycles. The zero-order valence-electron chi connectivity index (χ0n) is 29.6. The van der Waals surface area contributed by atoms with Crippen molar-refractivity contribution < 1.29 is 0 Å². The number of benzene rings is 6. The van der Waals surface area contributed by atoms with Gasteiger partial charge < -0.3 is 9.13 Å². The minimum atomic E-state index is 0.0392. The van der Waals surface area contributed by atoms with E-state index in [2.05, 4.69) is 6.07 Å². The number of aromatic nitrogens is 2. The molecule has 8 aromatic rings. The maximum absolute atomic E-state index is 10.3. The maximum Gasteiger partial charge on any atom is 0.115 e. The van der Waals surface area contributed by atoms with Crippen molar-refractivity contribution in [3.05, 3.63) is 48.0 Å². The highest BCUT2D eigenvalue weighted by molar-refractivity contribution is 6.73. The molecule has 32 radical (unpaired) electrons. The van der Waals surface area contributed by atoms with Crippen LogP contribution >= 0.6 is 0 Å². The van der Waals surface area contributed by atoms with Gasteiger partial charge in [0.05, 0.1) is 11.6 Å². The molecule has 56 heavy (non-hydrogen) atoms. The van der Waals surface area contributed by atoms with Gasteiger partial charge in [0.1, 0.15) is 126 Å². The fraction of sp³-hybridized carbons (Fsp3) is 0. The SMILES string of the molecule is [B]c1c([B])c([B])c2c(c1[B])c1c([B])c([B])c([B])c([B])c1n2-c1cccc(-c2cc(C#N)cc(-n3c4c([B])c([B])c([B])c([B])c4c4c([B])c([B])c([B])c([B])c43)c2)c1. The summed E-state index contributed by atoms with van der Waals surface area (Å²) in [6, 6.07) is 14.7. The minimum absolute atomic E-state index is 0.0392. The van der Waals surface area contributed by atoms with Crippen molar-refractivity contribution in [2.45, 2.75) is 0 Å². The Balaban J connectivity index is 1.47. The van der Waals surface area contributed by atoms with Gasteiger partial charge in [0.2, 0.25) is 0 Å². The van der Waals surface area contributed by atoms with E-state index in [-0.39, 0.29) is 93.0 Å². The number of nitrogens with zero attached hydrogens (tertiary/aromatic N) is 3. The third kappa shape index (κ3) is 5.06. The second kappa shape index (κ2) is 13.3.